The van der Waals surface area contributed by atoms with Crippen molar-refractivity contribution in [3.05, 3.63) is 16.6 Å². The monoisotopic (exact) mass is 169 g/mol. The molecule has 2 rings (SSSR count). The lowest BCUT2D eigenvalue weighted by Gasteiger charge is -2.02. The van der Waals surface area contributed by atoms with Gasteiger partial charge in [0.05, 0.1) is 5.01 Å². The van der Waals surface area contributed by atoms with Gasteiger partial charge < -0.3 is 4.74 Å². The Hall–Kier alpha value is -0.410. The first kappa shape index (κ1) is 7.25. The van der Waals surface area contributed by atoms with Gasteiger partial charge in [-0.2, -0.15) is 0 Å². The Balaban J connectivity index is 1.90. The Morgan fingerprint density at radius 1 is 1.73 bits per heavy atom. The highest BCUT2D eigenvalue weighted by Crippen LogP contribution is 2.18. The third-order valence-corrected chi connectivity index (χ3v) is 2.77. The molecule has 3 heteroatoms. The molecule has 0 bridgehead atoms. The van der Waals surface area contributed by atoms with Crippen molar-refractivity contribution in [3.8, 4) is 0 Å². The van der Waals surface area contributed by atoms with Crippen LogP contribution < -0.4 is 0 Å². The van der Waals surface area contributed by atoms with Gasteiger partial charge in [-0.3, -0.25) is 0 Å². The quantitative estimate of drug-likeness (QED) is 0.672. The van der Waals surface area contributed by atoms with Crippen molar-refractivity contribution in [2.45, 2.75) is 12.8 Å². The van der Waals surface area contributed by atoms with Crippen molar-refractivity contribution in [2.24, 2.45) is 5.92 Å². The molecule has 1 atom stereocenters. The van der Waals surface area contributed by atoms with Crippen LogP contribution in [-0.4, -0.2) is 18.2 Å². The van der Waals surface area contributed by atoms with Crippen LogP contribution in [0.2, 0.25) is 0 Å². The van der Waals surface area contributed by atoms with E-state index in [1.54, 1.807) is 11.3 Å². The summed E-state index contributed by atoms with van der Waals surface area (Å²) in [6.07, 6.45) is 4.19. The van der Waals surface area contributed by atoms with E-state index in [4.69, 9.17) is 4.74 Å². The summed E-state index contributed by atoms with van der Waals surface area (Å²) in [5.74, 6) is 0.723. The normalized spacial score (nSPS) is 24.2. The molecule has 2 nitrogen and oxygen atoms in total. The van der Waals surface area contributed by atoms with Crippen LogP contribution in [0.25, 0.3) is 0 Å². The van der Waals surface area contributed by atoms with E-state index in [9.17, 15) is 0 Å². The second kappa shape index (κ2) is 3.32. The van der Waals surface area contributed by atoms with Crippen LogP contribution in [0, 0.1) is 5.92 Å². The molecular formula is C8H11NOS. The molecule has 1 unspecified atom stereocenters. The first-order chi connectivity index (χ1) is 5.45. The predicted octanol–water partition coefficient (Wildman–Crippen LogP) is 1.72. The van der Waals surface area contributed by atoms with E-state index < -0.39 is 0 Å². The number of thiazole rings is 1. The summed E-state index contributed by atoms with van der Waals surface area (Å²) in [5.41, 5.74) is 0. The predicted molar refractivity (Wildman–Crippen MR) is 44.7 cm³/mol. The first-order valence-corrected chi connectivity index (χ1v) is 4.79. The SMILES string of the molecule is c1csc(CC2CCOC2)n1. The van der Waals surface area contributed by atoms with Crippen LogP contribution in [0.1, 0.15) is 11.4 Å². The minimum absolute atomic E-state index is 0.723. The fraction of sp³-hybridized carbons (Fsp3) is 0.625. The van der Waals surface area contributed by atoms with Crippen LogP contribution in [0.4, 0.5) is 0 Å². The van der Waals surface area contributed by atoms with Gasteiger partial charge in [0.1, 0.15) is 0 Å². The molecular weight excluding hydrogens is 158 g/mol. The molecule has 11 heavy (non-hydrogen) atoms. The summed E-state index contributed by atoms with van der Waals surface area (Å²) in [4.78, 5) is 4.24. The van der Waals surface area contributed by atoms with E-state index in [1.165, 1.54) is 11.4 Å². The smallest absolute Gasteiger partial charge is 0.0928 e. The van der Waals surface area contributed by atoms with E-state index in [-0.39, 0.29) is 0 Å². The van der Waals surface area contributed by atoms with Crippen LogP contribution >= 0.6 is 11.3 Å². The first-order valence-electron chi connectivity index (χ1n) is 3.91. The minimum atomic E-state index is 0.723. The third kappa shape index (κ3) is 1.79. The summed E-state index contributed by atoms with van der Waals surface area (Å²) in [7, 11) is 0. The number of ether oxygens (including phenoxy) is 1. The van der Waals surface area contributed by atoms with E-state index >= 15 is 0 Å². The van der Waals surface area contributed by atoms with Gasteiger partial charge in [-0.15, -0.1) is 11.3 Å². The maximum absolute atomic E-state index is 5.28. The largest absolute Gasteiger partial charge is 0.381 e. The van der Waals surface area contributed by atoms with Crippen LogP contribution in [-0.2, 0) is 11.2 Å². The van der Waals surface area contributed by atoms with Gasteiger partial charge in [0, 0.05) is 31.2 Å². The fourth-order valence-electron chi connectivity index (χ4n) is 1.35. The minimum Gasteiger partial charge on any atom is -0.381 e. The number of hydrogen-bond donors (Lipinski definition) is 0. The van der Waals surface area contributed by atoms with Crippen molar-refractivity contribution >= 4 is 11.3 Å². The van der Waals surface area contributed by atoms with Crippen LogP contribution in [0.3, 0.4) is 0 Å². The summed E-state index contributed by atoms with van der Waals surface area (Å²) in [6.45, 7) is 1.87. The zero-order valence-corrected chi connectivity index (χ0v) is 7.14. The maximum Gasteiger partial charge on any atom is 0.0928 e. The molecule has 1 aromatic rings. The highest BCUT2D eigenvalue weighted by atomic mass is 32.1. The van der Waals surface area contributed by atoms with E-state index in [1.807, 2.05) is 11.6 Å². The average molecular weight is 169 g/mol. The molecule has 0 radical (unpaired) electrons. The molecule has 1 aliphatic heterocycles. The van der Waals surface area contributed by atoms with Crippen LogP contribution in [0.15, 0.2) is 11.6 Å². The Morgan fingerprint density at radius 3 is 3.36 bits per heavy atom. The van der Waals surface area contributed by atoms with Crippen molar-refractivity contribution in [1.82, 2.24) is 4.98 Å². The van der Waals surface area contributed by atoms with Gasteiger partial charge in [0.2, 0.25) is 0 Å². The second-order valence-corrected chi connectivity index (χ2v) is 3.84. The molecule has 2 heterocycles. The lowest BCUT2D eigenvalue weighted by Crippen LogP contribution is -2.02. The Labute approximate surface area is 70.2 Å². The number of nitrogens with zero attached hydrogens (tertiary/aromatic N) is 1. The number of rotatable bonds is 2. The molecule has 0 aromatic carbocycles. The molecule has 0 saturated carbocycles. The van der Waals surface area contributed by atoms with E-state index in [0.29, 0.717) is 0 Å². The van der Waals surface area contributed by atoms with Gasteiger partial charge in [-0.25, -0.2) is 4.98 Å². The lowest BCUT2D eigenvalue weighted by atomic mass is 10.1. The average Bonchev–Trinajstić information content (AvgIpc) is 2.60. The number of aromatic nitrogens is 1. The molecule has 1 aliphatic rings. The molecule has 1 aromatic heterocycles. The summed E-state index contributed by atoms with van der Waals surface area (Å²) in [6, 6.07) is 0. The van der Waals surface area contributed by atoms with E-state index in [0.717, 1.165) is 25.6 Å². The molecule has 0 amide bonds. The maximum atomic E-state index is 5.28. The second-order valence-electron chi connectivity index (χ2n) is 2.86. The standard InChI is InChI=1S/C8H11NOS/c1-3-10-6-7(1)5-8-9-2-4-11-8/h2,4,7H,1,3,5-6H2. The highest BCUT2D eigenvalue weighted by Gasteiger charge is 2.16. The highest BCUT2D eigenvalue weighted by molar-refractivity contribution is 7.09. The van der Waals surface area contributed by atoms with Crippen molar-refractivity contribution in [2.75, 3.05) is 13.2 Å². The Bertz CT molecular complexity index is 204. The Kier molecular flexibility index (Phi) is 2.19. The zero-order valence-electron chi connectivity index (χ0n) is 6.32. The zero-order chi connectivity index (χ0) is 7.52. The van der Waals surface area contributed by atoms with Gasteiger partial charge in [0.15, 0.2) is 0 Å². The fourth-order valence-corrected chi connectivity index (χ4v) is 2.08. The summed E-state index contributed by atoms with van der Waals surface area (Å²) < 4.78 is 5.28. The third-order valence-electron chi connectivity index (χ3n) is 1.97. The topological polar surface area (TPSA) is 22.1 Å². The molecule has 0 aliphatic carbocycles. The van der Waals surface area contributed by atoms with Crippen LogP contribution in [0.5, 0.6) is 0 Å². The lowest BCUT2D eigenvalue weighted by molar-refractivity contribution is 0.186. The molecule has 60 valence electrons. The molecule has 1 fully saturated rings. The summed E-state index contributed by atoms with van der Waals surface area (Å²) in [5, 5.41) is 3.28. The van der Waals surface area contributed by atoms with Gasteiger partial charge in [-0.1, -0.05) is 0 Å². The molecule has 1 saturated heterocycles. The van der Waals surface area contributed by atoms with E-state index in [2.05, 4.69) is 4.98 Å². The van der Waals surface area contributed by atoms with Gasteiger partial charge >= 0.3 is 0 Å². The summed E-state index contributed by atoms with van der Waals surface area (Å²) >= 11 is 1.74. The molecule has 0 spiro atoms. The van der Waals surface area contributed by atoms with Gasteiger partial charge in [-0.05, 0) is 12.3 Å². The van der Waals surface area contributed by atoms with Crippen molar-refractivity contribution in [3.63, 3.8) is 0 Å². The van der Waals surface area contributed by atoms with Gasteiger partial charge in [0.25, 0.3) is 0 Å². The number of hydrogen-bond acceptors (Lipinski definition) is 3. The van der Waals surface area contributed by atoms with Crippen molar-refractivity contribution < 1.29 is 4.74 Å². The molecule has 0 N–H and O–H groups in total. The Morgan fingerprint density at radius 2 is 2.73 bits per heavy atom. The van der Waals surface area contributed by atoms with Crippen molar-refractivity contribution in [1.29, 1.82) is 0 Å².